The van der Waals surface area contributed by atoms with Gasteiger partial charge >= 0.3 is 0 Å². The zero-order chi connectivity index (χ0) is 6.85. The summed E-state index contributed by atoms with van der Waals surface area (Å²) in [5.41, 5.74) is 6.45. The summed E-state index contributed by atoms with van der Waals surface area (Å²) < 4.78 is 3.94. The second-order valence-electron chi connectivity index (χ2n) is 1.74. The summed E-state index contributed by atoms with van der Waals surface area (Å²) in [7, 11) is 0. The molecule has 1 rings (SSSR count). The molecule has 0 radical (unpaired) electrons. The van der Waals surface area contributed by atoms with Crippen molar-refractivity contribution in [1.29, 1.82) is 0 Å². The first-order chi connectivity index (χ1) is 4.25. The summed E-state index contributed by atoms with van der Waals surface area (Å²) in [6.45, 7) is 5.59. The number of rotatable bonds is 1. The molecule has 0 aliphatic heterocycles. The van der Waals surface area contributed by atoms with E-state index >= 15 is 0 Å². The maximum atomic E-state index is 5.48. The van der Waals surface area contributed by atoms with E-state index in [9.17, 15) is 0 Å². The summed E-state index contributed by atoms with van der Waals surface area (Å²) in [4.78, 5) is 1.13. The Morgan fingerprint density at radius 1 is 1.78 bits per heavy atom. The molecule has 0 bridgehead atoms. The molecule has 2 N–H and O–H groups in total. The van der Waals surface area contributed by atoms with Crippen LogP contribution in [0.4, 0.5) is 5.82 Å². The lowest BCUT2D eigenvalue weighted by molar-refractivity contribution is 1.52. The molecule has 0 atom stereocenters. The van der Waals surface area contributed by atoms with E-state index in [4.69, 9.17) is 5.73 Å². The van der Waals surface area contributed by atoms with Gasteiger partial charge in [-0.25, -0.2) is 0 Å². The van der Waals surface area contributed by atoms with Gasteiger partial charge < -0.3 is 5.73 Å². The number of nitrogens with two attached hydrogens (primary N) is 1. The average Bonchev–Trinajstić information content (AvgIpc) is 2.12. The van der Waals surface area contributed by atoms with E-state index in [0.717, 1.165) is 10.4 Å². The maximum Gasteiger partial charge on any atom is 0.144 e. The van der Waals surface area contributed by atoms with Crippen LogP contribution in [0.1, 0.15) is 10.4 Å². The van der Waals surface area contributed by atoms with E-state index < -0.39 is 0 Å². The van der Waals surface area contributed by atoms with Crippen LogP contribution in [0.5, 0.6) is 0 Å². The topological polar surface area (TPSA) is 38.9 Å². The van der Waals surface area contributed by atoms with Crippen LogP contribution < -0.4 is 5.73 Å². The Kier molecular flexibility index (Phi) is 1.53. The smallest absolute Gasteiger partial charge is 0.144 e. The molecule has 1 aromatic heterocycles. The van der Waals surface area contributed by atoms with Crippen LogP contribution in [0.3, 0.4) is 0 Å². The first kappa shape index (κ1) is 6.29. The van der Waals surface area contributed by atoms with E-state index in [2.05, 4.69) is 11.0 Å². The average molecular weight is 140 g/mol. The standard InChI is InChI=1S/C6H8N2S/c1-3-5-4(2)9-8-6(5)7/h3H,1H2,2H3,(H2,7,8). The van der Waals surface area contributed by atoms with Crippen LogP contribution in [0.15, 0.2) is 6.58 Å². The van der Waals surface area contributed by atoms with Crippen molar-refractivity contribution in [3.8, 4) is 0 Å². The van der Waals surface area contributed by atoms with Gasteiger partial charge in [0.15, 0.2) is 0 Å². The lowest BCUT2D eigenvalue weighted by Gasteiger charge is -1.86. The van der Waals surface area contributed by atoms with Crippen LogP contribution in [-0.4, -0.2) is 4.37 Å². The molecule has 0 aliphatic rings. The van der Waals surface area contributed by atoms with E-state index in [1.807, 2.05) is 6.92 Å². The normalized spacial score (nSPS) is 9.44. The molecule has 0 aliphatic carbocycles. The Bertz CT molecular complexity index is 207. The third-order valence-corrected chi connectivity index (χ3v) is 1.92. The second kappa shape index (κ2) is 2.19. The van der Waals surface area contributed by atoms with Gasteiger partial charge in [0, 0.05) is 10.4 Å². The summed E-state index contributed by atoms with van der Waals surface area (Å²) in [6, 6.07) is 0. The molecule has 48 valence electrons. The number of hydrogen-bond acceptors (Lipinski definition) is 3. The van der Waals surface area contributed by atoms with Crippen LogP contribution in [-0.2, 0) is 0 Å². The molecular formula is C6H8N2S. The number of aromatic nitrogens is 1. The van der Waals surface area contributed by atoms with E-state index in [0.29, 0.717) is 5.82 Å². The Balaban J connectivity index is 3.22. The fourth-order valence-corrected chi connectivity index (χ4v) is 1.26. The third-order valence-electron chi connectivity index (χ3n) is 1.14. The van der Waals surface area contributed by atoms with Gasteiger partial charge in [-0.05, 0) is 18.5 Å². The molecule has 1 heterocycles. The van der Waals surface area contributed by atoms with Crippen molar-refractivity contribution in [3.63, 3.8) is 0 Å². The molecule has 0 amide bonds. The Labute approximate surface area is 58.2 Å². The zero-order valence-corrected chi connectivity index (χ0v) is 6.03. The highest BCUT2D eigenvalue weighted by molar-refractivity contribution is 7.06. The number of aryl methyl sites for hydroxylation is 1. The lowest BCUT2D eigenvalue weighted by atomic mass is 10.3. The molecule has 0 aromatic carbocycles. The van der Waals surface area contributed by atoms with Crippen molar-refractivity contribution in [2.75, 3.05) is 5.73 Å². The molecule has 0 spiro atoms. The summed E-state index contributed by atoms with van der Waals surface area (Å²) in [5, 5.41) is 0. The third kappa shape index (κ3) is 0.954. The monoisotopic (exact) mass is 140 g/mol. The summed E-state index contributed by atoms with van der Waals surface area (Å²) in [6.07, 6.45) is 1.73. The van der Waals surface area contributed by atoms with E-state index in [1.54, 1.807) is 6.08 Å². The van der Waals surface area contributed by atoms with Crippen LogP contribution in [0, 0.1) is 6.92 Å². The van der Waals surface area contributed by atoms with Crippen LogP contribution in [0.2, 0.25) is 0 Å². The SMILES string of the molecule is C=Cc1c(N)nsc1C. The molecule has 9 heavy (non-hydrogen) atoms. The van der Waals surface area contributed by atoms with Crippen molar-refractivity contribution >= 4 is 23.4 Å². The van der Waals surface area contributed by atoms with E-state index in [1.165, 1.54) is 11.5 Å². The quantitative estimate of drug-likeness (QED) is 0.644. The zero-order valence-electron chi connectivity index (χ0n) is 5.22. The Hall–Kier alpha value is -0.830. The van der Waals surface area contributed by atoms with Gasteiger partial charge in [0.1, 0.15) is 5.82 Å². The van der Waals surface area contributed by atoms with Gasteiger partial charge in [-0.3, -0.25) is 0 Å². The number of nitrogen functional groups attached to an aromatic ring is 1. The van der Waals surface area contributed by atoms with Crippen molar-refractivity contribution in [2.45, 2.75) is 6.92 Å². The highest BCUT2D eigenvalue weighted by Crippen LogP contribution is 2.19. The Morgan fingerprint density at radius 3 is 2.67 bits per heavy atom. The van der Waals surface area contributed by atoms with Crippen molar-refractivity contribution in [1.82, 2.24) is 4.37 Å². The van der Waals surface area contributed by atoms with Gasteiger partial charge in [-0.2, -0.15) is 4.37 Å². The summed E-state index contributed by atoms with van der Waals surface area (Å²) >= 11 is 1.41. The fraction of sp³-hybridized carbons (Fsp3) is 0.167. The fourth-order valence-electron chi connectivity index (χ4n) is 0.645. The number of nitrogens with zero attached hydrogens (tertiary/aromatic N) is 1. The Morgan fingerprint density at radius 2 is 2.44 bits per heavy atom. The first-order valence-electron chi connectivity index (χ1n) is 2.60. The van der Waals surface area contributed by atoms with Gasteiger partial charge in [-0.1, -0.05) is 12.7 Å². The predicted octanol–water partition coefficient (Wildman–Crippen LogP) is 1.68. The molecule has 0 unspecified atom stereocenters. The van der Waals surface area contributed by atoms with Gasteiger partial charge in [0.25, 0.3) is 0 Å². The minimum absolute atomic E-state index is 0.590. The van der Waals surface area contributed by atoms with Gasteiger partial charge in [-0.15, -0.1) is 0 Å². The molecule has 1 aromatic rings. The lowest BCUT2D eigenvalue weighted by Crippen LogP contribution is -1.85. The van der Waals surface area contributed by atoms with Crippen molar-refractivity contribution in [2.24, 2.45) is 0 Å². The van der Waals surface area contributed by atoms with Crippen LogP contribution in [0.25, 0.3) is 6.08 Å². The van der Waals surface area contributed by atoms with Crippen molar-refractivity contribution in [3.05, 3.63) is 17.0 Å². The predicted molar refractivity (Wildman–Crippen MR) is 41.4 cm³/mol. The molecule has 0 fully saturated rings. The first-order valence-corrected chi connectivity index (χ1v) is 3.37. The molecule has 0 saturated heterocycles. The summed E-state index contributed by atoms with van der Waals surface area (Å²) in [5.74, 6) is 0.590. The molecule has 3 heteroatoms. The molecule has 0 saturated carbocycles. The minimum atomic E-state index is 0.590. The number of anilines is 1. The highest BCUT2D eigenvalue weighted by atomic mass is 32.1. The maximum absolute atomic E-state index is 5.48. The minimum Gasteiger partial charge on any atom is -0.382 e. The molecule has 2 nitrogen and oxygen atoms in total. The van der Waals surface area contributed by atoms with Gasteiger partial charge in [0.05, 0.1) is 0 Å². The second-order valence-corrected chi connectivity index (χ2v) is 2.72. The number of hydrogen-bond donors (Lipinski definition) is 1. The van der Waals surface area contributed by atoms with Crippen LogP contribution >= 0.6 is 11.5 Å². The molecular weight excluding hydrogens is 132 g/mol. The van der Waals surface area contributed by atoms with Crippen molar-refractivity contribution < 1.29 is 0 Å². The van der Waals surface area contributed by atoms with E-state index in [-0.39, 0.29) is 0 Å². The van der Waals surface area contributed by atoms with Gasteiger partial charge in [0.2, 0.25) is 0 Å². The largest absolute Gasteiger partial charge is 0.382 e. The highest BCUT2D eigenvalue weighted by Gasteiger charge is 2.00.